The summed E-state index contributed by atoms with van der Waals surface area (Å²) in [5.74, 6) is 0.698. The van der Waals surface area contributed by atoms with E-state index in [1.54, 1.807) is 12.1 Å². The van der Waals surface area contributed by atoms with Crippen LogP contribution in [0.15, 0.2) is 42.6 Å². The van der Waals surface area contributed by atoms with Gasteiger partial charge in [0.1, 0.15) is 15.9 Å². The van der Waals surface area contributed by atoms with Gasteiger partial charge in [0.05, 0.1) is 5.56 Å². The molecule has 1 fully saturated rings. The average molecular weight is 496 g/mol. The van der Waals surface area contributed by atoms with Crippen molar-refractivity contribution in [2.45, 2.75) is 24.7 Å². The Morgan fingerprint density at radius 2 is 1.69 bits per heavy atom. The maximum atomic E-state index is 12.7. The van der Waals surface area contributed by atoms with Crippen LogP contribution in [-0.2, 0) is 11.9 Å². The molecule has 1 aromatic heterocycles. The average Bonchev–Trinajstić information content (AvgIpc) is 2.98. The summed E-state index contributed by atoms with van der Waals surface area (Å²) in [4.78, 5) is 7.90. The van der Waals surface area contributed by atoms with Crippen molar-refractivity contribution >= 4 is 34.1 Å². The Balaban J connectivity index is 1.50. The number of rotatable bonds is 4. The summed E-state index contributed by atoms with van der Waals surface area (Å²) in [6.07, 6.45) is -7.55. The summed E-state index contributed by atoms with van der Waals surface area (Å²) < 4.78 is 79.4. The zero-order valence-electron chi connectivity index (χ0n) is 16.6. The molecule has 0 N–H and O–H groups in total. The summed E-state index contributed by atoms with van der Waals surface area (Å²) in [5, 5.41) is 0. The third-order valence-electron chi connectivity index (χ3n) is 4.67. The van der Waals surface area contributed by atoms with Gasteiger partial charge in [-0.3, -0.25) is 0 Å². The number of benzene rings is 1. The van der Waals surface area contributed by atoms with Crippen molar-refractivity contribution in [2.75, 3.05) is 31.1 Å². The second-order valence-corrected chi connectivity index (χ2v) is 8.59. The van der Waals surface area contributed by atoms with Gasteiger partial charge < -0.3 is 14.5 Å². The topological polar surface area (TPSA) is 28.6 Å². The highest BCUT2D eigenvalue weighted by Gasteiger charge is 2.31. The van der Waals surface area contributed by atoms with Gasteiger partial charge in [-0.1, -0.05) is 36.1 Å². The van der Waals surface area contributed by atoms with E-state index in [4.69, 9.17) is 12.2 Å². The number of halogens is 6. The lowest BCUT2D eigenvalue weighted by molar-refractivity contribution is -0.274. The summed E-state index contributed by atoms with van der Waals surface area (Å²) in [5.41, 5.74) is 0.0190. The van der Waals surface area contributed by atoms with Gasteiger partial charge in [-0.15, -0.1) is 13.2 Å². The molecular formula is C20H19F6N3OS2. The Labute approximate surface area is 190 Å². The van der Waals surface area contributed by atoms with Gasteiger partial charge >= 0.3 is 12.5 Å². The van der Waals surface area contributed by atoms with E-state index in [0.29, 0.717) is 42.1 Å². The quantitative estimate of drug-likeness (QED) is 0.398. The van der Waals surface area contributed by atoms with E-state index in [-0.39, 0.29) is 5.75 Å². The summed E-state index contributed by atoms with van der Waals surface area (Å²) >= 11 is 6.90. The van der Waals surface area contributed by atoms with E-state index in [9.17, 15) is 26.3 Å². The molecule has 4 nitrogen and oxygen atoms in total. The molecule has 2 aromatic rings. The normalized spacial score (nSPS) is 15.4. The minimum atomic E-state index is -4.73. The fourth-order valence-electron chi connectivity index (χ4n) is 3.09. The van der Waals surface area contributed by atoms with Crippen LogP contribution in [-0.4, -0.2) is 46.7 Å². The smallest absolute Gasteiger partial charge is 0.406 e. The lowest BCUT2D eigenvalue weighted by atomic mass is 10.2. The monoisotopic (exact) mass is 495 g/mol. The largest absolute Gasteiger partial charge is 0.573 e. The fourth-order valence-corrected chi connectivity index (χ4v) is 4.30. The molecule has 1 aromatic carbocycles. The predicted molar refractivity (Wildman–Crippen MR) is 115 cm³/mol. The minimum absolute atomic E-state index is 0.279. The molecule has 1 saturated heterocycles. The van der Waals surface area contributed by atoms with Gasteiger partial charge in [-0.2, -0.15) is 13.2 Å². The second-order valence-electron chi connectivity index (χ2n) is 6.98. The lowest BCUT2D eigenvalue weighted by Gasteiger charge is -2.24. The fraction of sp³-hybridized carbons (Fsp3) is 0.400. The van der Waals surface area contributed by atoms with Crippen LogP contribution in [0.3, 0.4) is 0 Å². The molecule has 0 bridgehead atoms. The maximum Gasteiger partial charge on any atom is 0.573 e. The van der Waals surface area contributed by atoms with Gasteiger partial charge in [0, 0.05) is 38.1 Å². The van der Waals surface area contributed by atoms with Crippen molar-refractivity contribution in [1.29, 1.82) is 0 Å². The Hall–Kier alpha value is -2.21. The Bertz CT molecular complexity index is 904. The van der Waals surface area contributed by atoms with Gasteiger partial charge in [0.2, 0.25) is 0 Å². The Morgan fingerprint density at radius 3 is 2.28 bits per heavy atom. The number of thioether (sulfide) groups is 1. The summed E-state index contributed by atoms with van der Waals surface area (Å²) in [7, 11) is 0. The standard InChI is InChI=1S/C20H19F6N3OS2/c21-19(22,23)15-4-7-17(27-12-15)28-8-1-9-29(11-10-28)18(31)32-13-14-2-5-16(6-3-14)30-20(24,25)26/h2-7,12H,1,8-11,13H2. The van der Waals surface area contributed by atoms with Crippen LogP contribution in [0.5, 0.6) is 5.75 Å². The first-order valence-electron chi connectivity index (χ1n) is 9.56. The maximum absolute atomic E-state index is 12.7. The molecule has 1 aliphatic heterocycles. The molecule has 0 spiro atoms. The van der Waals surface area contributed by atoms with Crippen LogP contribution in [0.25, 0.3) is 0 Å². The van der Waals surface area contributed by atoms with Gasteiger partial charge in [-0.25, -0.2) is 4.98 Å². The predicted octanol–water partition coefficient (Wildman–Crippen LogP) is 5.73. The number of aromatic nitrogens is 1. The van der Waals surface area contributed by atoms with Gasteiger partial charge in [-0.05, 0) is 36.2 Å². The van der Waals surface area contributed by atoms with E-state index in [1.807, 2.05) is 9.80 Å². The summed E-state index contributed by atoms with van der Waals surface area (Å²) in [6.45, 7) is 2.49. The molecule has 3 rings (SSSR count). The van der Waals surface area contributed by atoms with Crippen LogP contribution in [0.2, 0.25) is 0 Å². The van der Waals surface area contributed by atoms with Crippen molar-refractivity contribution in [1.82, 2.24) is 9.88 Å². The number of nitrogens with zero attached hydrogens (tertiary/aromatic N) is 3. The van der Waals surface area contributed by atoms with E-state index in [0.717, 1.165) is 24.2 Å². The van der Waals surface area contributed by atoms with Crippen molar-refractivity contribution < 1.29 is 31.1 Å². The Morgan fingerprint density at radius 1 is 0.969 bits per heavy atom. The van der Waals surface area contributed by atoms with Gasteiger partial charge in [0.25, 0.3) is 0 Å². The third-order valence-corrected chi connectivity index (χ3v) is 6.27. The van der Waals surface area contributed by atoms with Crippen molar-refractivity contribution in [3.05, 3.63) is 53.7 Å². The first kappa shape index (κ1) is 24.4. The molecule has 0 saturated carbocycles. The summed E-state index contributed by atoms with van der Waals surface area (Å²) in [6, 6.07) is 8.02. The third kappa shape index (κ3) is 7.16. The SMILES string of the molecule is FC(F)(F)Oc1ccc(CSC(=S)N2CCCN(c3ccc(C(F)(F)F)cn3)CC2)cc1. The molecule has 2 heterocycles. The number of hydrogen-bond donors (Lipinski definition) is 0. The van der Waals surface area contributed by atoms with Crippen molar-refractivity contribution in [3.8, 4) is 5.75 Å². The van der Waals surface area contributed by atoms with Crippen LogP contribution in [0.1, 0.15) is 17.5 Å². The Kier molecular flexibility index (Phi) is 7.75. The molecular weight excluding hydrogens is 476 g/mol. The zero-order valence-corrected chi connectivity index (χ0v) is 18.3. The molecule has 12 heteroatoms. The molecule has 174 valence electrons. The van der Waals surface area contributed by atoms with Crippen LogP contribution < -0.4 is 9.64 Å². The first-order valence-corrected chi connectivity index (χ1v) is 11.0. The van der Waals surface area contributed by atoms with Crippen molar-refractivity contribution in [3.63, 3.8) is 0 Å². The number of pyridine rings is 1. The van der Waals surface area contributed by atoms with E-state index >= 15 is 0 Å². The second kappa shape index (κ2) is 10.2. The minimum Gasteiger partial charge on any atom is -0.406 e. The van der Waals surface area contributed by atoms with E-state index in [2.05, 4.69) is 9.72 Å². The highest BCUT2D eigenvalue weighted by molar-refractivity contribution is 8.22. The highest BCUT2D eigenvalue weighted by Crippen LogP contribution is 2.30. The van der Waals surface area contributed by atoms with Gasteiger partial charge in [0.15, 0.2) is 0 Å². The number of anilines is 1. The van der Waals surface area contributed by atoms with Crippen LogP contribution in [0.4, 0.5) is 32.2 Å². The molecule has 0 atom stereocenters. The van der Waals surface area contributed by atoms with Crippen molar-refractivity contribution in [2.24, 2.45) is 0 Å². The van der Waals surface area contributed by atoms with E-state index < -0.39 is 18.1 Å². The number of alkyl halides is 6. The molecule has 0 amide bonds. The van der Waals surface area contributed by atoms with Crippen LogP contribution in [0, 0.1) is 0 Å². The highest BCUT2D eigenvalue weighted by atomic mass is 32.2. The number of ether oxygens (including phenoxy) is 1. The van der Waals surface area contributed by atoms with E-state index in [1.165, 1.54) is 30.0 Å². The lowest BCUT2D eigenvalue weighted by Crippen LogP contribution is -2.33. The molecule has 0 radical (unpaired) electrons. The molecule has 0 aliphatic carbocycles. The zero-order chi connectivity index (χ0) is 23.4. The molecule has 1 aliphatic rings. The number of hydrogen-bond acceptors (Lipinski definition) is 5. The first-order chi connectivity index (χ1) is 15.0. The molecule has 32 heavy (non-hydrogen) atoms. The molecule has 0 unspecified atom stereocenters. The number of thiocarbonyl (C=S) groups is 1. The van der Waals surface area contributed by atoms with Crippen LogP contribution >= 0.6 is 24.0 Å².